The van der Waals surface area contributed by atoms with Crippen LogP contribution in [0.1, 0.15) is 24.0 Å². The molecule has 0 unspecified atom stereocenters. The Morgan fingerprint density at radius 2 is 1.85 bits per heavy atom. The van der Waals surface area contributed by atoms with Crippen molar-refractivity contribution in [2.75, 3.05) is 13.2 Å². The van der Waals surface area contributed by atoms with Crippen LogP contribution in [0.3, 0.4) is 0 Å². The Hall–Kier alpha value is -1.86. The van der Waals surface area contributed by atoms with E-state index < -0.39 is 5.41 Å². The van der Waals surface area contributed by atoms with E-state index in [1.54, 1.807) is 0 Å². The molecule has 0 aromatic heterocycles. The van der Waals surface area contributed by atoms with Crippen molar-refractivity contribution in [1.29, 1.82) is 5.26 Å². The average molecular weight is 270 g/mol. The van der Waals surface area contributed by atoms with Crippen LogP contribution in [0.2, 0.25) is 0 Å². The van der Waals surface area contributed by atoms with E-state index in [4.69, 9.17) is 4.74 Å². The SMILES string of the molecule is N#CC1(C(=O)NC2Cc3ccccc3C2)CCOCC1. The van der Waals surface area contributed by atoms with Crippen LogP contribution < -0.4 is 5.32 Å². The molecule has 4 heteroatoms. The Bertz CT molecular complexity index is 531. The van der Waals surface area contributed by atoms with E-state index in [-0.39, 0.29) is 11.9 Å². The summed E-state index contributed by atoms with van der Waals surface area (Å²) in [5, 5.41) is 12.5. The standard InChI is InChI=1S/C16H18N2O2/c17-11-16(5-7-20-8-6-16)15(19)18-14-9-12-3-1-2-4-13(12)10-14/h1-4,14H,5-10H2,(H,18,19). The minimum Gasteiger partial charge on any atom is -0.381 e. The first-order valence-corrected chi connectivity index (χ1v) is 7.10. The van der Waals surface area contributed by atoms with Gasteiger partial charge < -0.3 is 10.1 Å². The van der Waals surface area contributed by atoms with Crippen LogP contribution >= 0.6 is 0 Å². The lowest BCUT2D eigenvalue weighted by molar-refractivity contribution is -0.133. The van der Waals surface area contributed by atoms with Crippen LogP contribution in [-0.4, -0.2) is 25.2 Å². The summed E-state index contributed by atoms with van der Waals surface area (Å²) >= 11 is 0. The molecule has 3 rings (SSSR count). The van der Waals surface area contributed by atoms with E-state index in [9.17, 15) is 10.1 Å². The number of nitrogens with one attached hydrogen (secondary N) is 1. The summed E-state index contributed by atoms with van der Waals surface area (Å²) in [6, 6.07) is 10.6. The minimum absolute atomic E-state index is 0.118. The molecule has 1 N–H and O–H groups in total. The molecule has 1 heterocycles. The topological polar surface area (TPSA) is 62.1 Å². The maximum Gasteiger partial charge on any atom is 0.240 e. The third kappa shape index (κ3) is 2.30. The largest absolute Gasteiger partial charge is 0.381 e. The van der Waals surface area contributed by atoms with Gasteiger partial charge in [0.05, 0.1) is 6.07 Å². The Morgan fingerprint density at radius 1 is 1.25 bits per heavy atom. The summed E-state index contributed by atoms with van der Waals surface area (Å²) in [5.74, 6) is -0.124. The molecule has 0 radical (unpaired) electrons. The number of amides is 1. The van der Waals surface area contributed by atoms with Gasteiger partial charge in [-0.1, -0.05) is 24.3 Å². The zero-order valence-corrected chi connectivity index (χ0v) is 11.4. The van der Waals surface area contributed by atoms with Gasteiger partial charge in [-0.15, -0.1) is 0 Å². The molecule has 1 aromatic carbocycles. The second kappa shape index (κ2) is 5.26. The van der Waals surface area contributed by atoms with Gasteiger partial charge in [-0.3, -0.25) is 4.79 Å². The maximum atomic E-state index is 12.5. The molecule has 1 amide bonds. The molecule has 1 aliphatic heterocycles. The summed E-state index contributed by atoms with van der Waals surface area (Å²) < 4.78 is 5.27. The average Bonchev–Trinajstić information content (AvgIpc) is 2.90. The van der Waals surface area contributed by atoms with Gasteiger partial charge in [-0.05, 0) is 36.8 Å². The van der Waals surface area contributed by atoms with Crippen LogP contribution in [0, 0.1) is 16.7 Å². The molecule has 0 bridgehead atoms. The fourth-order valence-corrected chi connectivity index (χ4v) is 3.09. The molecule has 4 nitrogen and oxygen atoms in total. The lowest BCUT2D eigenvalue weighted by Crippen LogP contribution is -2.47. The fourth-order valence-electron chi connectivity index (χ4n) is 3.09. The fraction of sp³-hybridized carbons (Fsp3) is 0.500. The van der Waals surface area contributed by atoms with Gasteiger partial charge in [-0.2, -0.15) is 5.26 Å². The first kappa shape index (κ1) is 13.1. The number of ether oxygens (including phenoxy) is 1. The number of carbonyl (C=O) groups is 1. The molecule has 0 saturated carbocycles. The summed E-state index contributed by atoms with van der Waals surface area (Å²) in [6.45, 7) is 0.984. The molecular formula is C16H18N2O2. The highest BCUT2D eigenvalue weighted by Crippen LogP contribution is 2.31. The van der Waals surface area contributed by atoms with Crippen molar-refractivity contribution in [3.05, 3.63) is 35.4 Å². The number of carbonyl (C=O) groups excluding carboxylic acids is 1. The molecule has 1 saturated heterocycles. The van der Waals surface area contributed by atoms with Crippen molar-refractivity contribution in [3.63, 3.8) is 0 Å². The lowest BCUT2D eigenvalue weighted by atomic mass is 9.80. The van der Waals surface area contributed by atoms with Crippen LogP contribution in [0.5, 0.6) is 0 Å². The molecule has 20 heavy (non-hydrogen) atoms. The Morgan fingerprint density at radius 3 is 2.40 bits per heavy atom. The van der Waals surface area contributed by atoms with E-state index in [0.717, 1.165) is 12.8 Å². The summed E-state index contributed by atoms with van der Waals surface area (Å²) in [4.78, 5) is 12.5. The molecular weight excluding hydrogens is 252 g/mol. The highest BCUT2D eigenvalue weighted by Gasteiger charge is 2.41. The van der Waals surface area contributed by atoms with Crippen molar-refractivity contribution in [2.45, 2.75) is 31.7 Å². The predicted octanol–water partition coefficient (Wildman–Crippen LogP) is 1.59. The van der Waals surface area contributed by atoms with Gasteiger partial charge in [0.15, 0.2) is 0 Å². The number of nitrogens with zero attached hydrogens (tertiary/aromatic N) is 1. The Balaban J connectivity index is 1.67. The van der Waals surface area contributed by atoms with Gasteiger partial charge >= 0.3 is 0 Å². The molecule has 0 atom stereocenters. The molecule has 1 aromatic rings. The third-order valence-corrected chi connectivity index (χ3v) is 4.38. The first-order chi connectivity index (χ1) is 9.73. The van der Waals surface area contributed by atoms with Crippen LogP contribution in [0.15, 0.2) is 24.3 Å². The Kier molecular flexibility index (Phi) is 3.45. The van der Waals surface area contributed by atoms with E-state index in [0.29, 0.717) is 26.1 Å². The predicted molar refractivity (Wildman–Crippen MR) is 73.9 cm³/mol. The van der Waals surface area contributed by atoms with E-state index in [1.807, 2.05) is 12.1 Å². The highest BCUT2D eigenvalue weighted by atomic mass is 16.5. The zero-order chi connectivity index (χ0) is 14.0. The van der Waals surface area contributed by atoms with Gasteiger partial charge in [0.1, 0.15) is 5.41 Å². The molecule has 1 fully saturated rings. The monoisotopic (exact) mass is 270 g/mol. The van der Waals surface area contributed by atoms with Gasteiger partial charge in [-0.25, -0.2) is 0 Å². The molecule has 0 spiro atoms. The number of hydrogen-bond acceptors (Lipinski definition) is 3. The molecule has 104 valence electrons. The highest BCUT2D eigenvalue weighted by molar-refractivity contribution is 5.86. The number of benzene rings is 1. The van der Waals surface area contributed by atoms with Crippen molar-refractivity contribution >= 4 is 5.91 Å². The van der Waals surface area contributed by atoms with Crippen molar-refractivity contribution in [3.8, 4) is 6.07 Å². The second-order valence-corrected chi connectivity index (χ2v) is 5.65. The molecule has 2 aliphatic rings. The Labute approximate surface area is 118 Å². The molecule has 1 aliphatic carbocycles. The van der Waals surface area contributed by atoms with Crippen molar-refractivity contribution in [2.24, 2.45) is 5.41 Å². The van der Waals surface area contributed by atoms with Crippen molar-refractivity contribution < 1.29 is 9.53 Å². The van der Waals surface area contributed by atoms with Crippen LogP contribution in [0.25, 0.3) is 0 Å². The lowest BCUT2D eigenvalue weighted by Gasteiger charge is -2.30. The second-order valence-electron chi connectivity index (χ2n) is 5.65. The van der Waals surface area contributed by atoms with Crippen LogP contribution in [0.4, 0.5) is 0 Å². The quantitative estimate of drug-likeness (QED) is 0.887. The van der Waals surface area contributed by atoms with Crippen molar-refractivity contribution in [1.82, 2.24) is 5.32 Å². The smallest absolute Gasteiger partial charge is 0.240 e. The van der Waals surface area contributed by atoms with Crippen LogP contribution in [-0.2, 0) is 22.4 Å². The zero-order valence-electron chi connectivity index (χ0n) is 11.4. The van der Waals surface area contributed by atoms with Gasteiger partial charge in [0.2, 0.25) is 5.91 Å². The first-order valence-electron chi connectivity index (χ1n) is 7.10. The summed E-state index contributed by atoms with van der Waals surface area (Å²) in [6.07, 6.45) is 2.71. The summed E-state index contributed by atoms with van der Waals surface area (Å²) in [5.41, 5.74) is 1.71. The van der Waals surface area contributed by atoms with E-state index in [1.165, 1.54) is 11.1 Å². The number of nitriles is 1. The van der Waals surface area contributed by atoms with E-state index in [2.05, 4.69) is 23.5 Å². The minimum atomic E-state index is -0.896. The van der Waals surface area contributed by atoms with E-state index >= 15 is 0 Å². The van der Waals surface area contributed by atoms with Gasteiger partial charge in [0.25, 0.3) is 0 Å². The van der Waals surface area contributed by atoms with Gasteiger partial charge in [0, 0.05) is 19.3 Å². The normalized spacial score (nSPS) is 20.9. The number of rotatable bonds is 2. The third-order valence-electron chi connectivity index (χ3n) is 4.38. The number of hydrogen-bond donors (Lipinski definition) is 1. The summed E-state index contributed by atoms with van der Waals surface area (Å²) in [7, 11) is 0. The number of fused-ring (bicyclic) bond motifs is 1. The maximum absolute atomic E-state index is 12.5.